The quantitative estimate of drug-likeness (QED) is 0.845. The van der Waals surface area contributed by atoms with Crippen LogP contribution in [0.3, 0.4) is 0 Å². The first-order chi connectivity index (χ1) is 10.2. The van der Waals surface area contributed by atoms with E-state index in [1.165, 1.54) is 5.56 Å². The van der Waals surface area contributed by atoms with Gasteiger partial charge in [-0.3, -0.25) is 4.79 Å². The number of aliphatic hydroxyl groups excluding tert-OH is 1. The largest absolute Gasteiger partial charge is 0.484 e. The molecule has 1 aliphatic rings. The van der Waals surface area contributed by atoms with Crippen LogP contribution < -0.4 is 10.1 Å². The first-order valence-corrected chi connectivity index (χ1v) is 7.85. The van der Waals surface area contributed by atoms with E-state index in [9.17, 15) is 9.90 Å². The maximum atomic E-state index is 12.0. The summed E-state index contributed by atoms with van der Waals surface area (Å²) in [4.78, 5) is 12.0. The number of carbonyl (C=O) groups excluding carboxylic acids is 1. The van der Waals surface area contributed by atoms with Crippen molar-refractivity contribution in [1.29, 1.82) is 0 Å². The Morgan fingerprint density at radius 3 is 2.95 bits per heavy atom. The fourth-order valence-electron chi connectivity index (χ4n) is 2.87. The number of carbonyl (C=O) groups is 1. The number of aryl methyl sites for hydroxylation is 1. The van der Waals surface area contributed by atoms with Gasteiger partial charge in [0.25, 0.3) is 5.91 Å². The highest BCUT2D eigenvalue weighted by molar-refractivity contribution is 5.77. The van der Waals surface area contributed by atoms with Crippen molar-refractivity contribution >= 4 is 5.91 Å². The van der Waals surface area contributed by atoms with Crippen LogP contribution in [0.15, 0.2) is 24.3 Å². The second kappa shape index (κ2) is 8.03. The van der Waals surface area contributed by atoms with Gasteiger partial charge >= 0.3 is 0 Å². The summed E-state index contributed by atoms with van der Waals surface area (Å²) in [5.41, 5.74) is 1.19. The molecule has 4 nitrogen and oxygen atoms in total. The summed E-state index contributed by atoms with van der Waals surface area (Å²) >= 11 is 0. The lowest BCUT2D eigenvalue weighted by Crippen LogP contribution is -2.45. The van der Waals surface area contributed by atoms with E-state index in [0.29, 0.717) is 0 Å². The molecule has 2 atom stereocenters. The number of nitrogens with one attached hydrogen (secondary N) is 1. The fraction of sp³-hybridized carbons (Fsp3) is 0.588. The van der Waals surface area contributed by atoms with Gasteiger partial charge in [0.1, 0.15) is 5.75 Å². The SMILES string of the molecule is CCc1cccc(OCC(=O)NC2CCCCC2CO)c1. The molecule has 0 heterocycles. The summed E-state index contributed by atoms with van der Waals surface area (Å²) in [5, 5.41) is 12.4. The number of aliphatic hydroxyl groups is 1. The molecular formula is C17H25NO3. The third kappa shape index (κ3) is 4.74. The Morgan fingerprint density at radius 1 is 1.38 bits per heavy atom. The smallest absolute Gasteiger partial charge is 0.258 e. The molecule has 1 aromatic rings. The Balaban J connectivity index is 1.81. The van der Waals surface area contributed by atoms with E-state index in [2.05, 4.69) is 12.2 Å². The monoisotopic (exact) mass is 291 g/mol. The van der Waals surface area contributed by atoms with Gasteiger partial charge in [0.15, 0.2) is 6.61 Å². The number of benzene rings is 1. The molecule has 2 rings (SSSR count). The average Bonchev–Trinajstić information content (AvgIpc) is 2.53. The van der Waals surface area contributed by atoms with Gasteiger partial charge in [0, 0.05) is 18.6 Å². The van der Waals surface area contributed by atoms with Crippen molar-refractivity contribution in [3.63, 3.8) is 0 Å². The number of hydrogen-bond donors (Lipinski definition) is 2. The van der Waals surface area contributed by atoms with E-state index in [0.717, 1.165) is 37.9 Å². The van der Waals surface area contributed by atoms with Gasteiger partial charge in [-0.15, -0.1) is 0 Å². The van der Waals surface area contributed by atoms with Crippen molar-refractivity contribution in [3.8, 4) is 5.75 Å². The van der Waals surface area contributed by atoms with Crippen LogP contribution in [0.5, 0.6) is 5.75 Å². The lowest BCUT2D eigenvalue weighted by atomic mass is 9.85. The van der Waals surface area contributed by atoms with Crippen molar-refractivity contribution < 1.29 is 14.6 Å². The van der Waals surface area contributed by atoms with Crippen LogP contribution in [0, 0.1) is 5.92 Å². The first kappa shape index (κ1) is 15.8. The number of rotatable bonds is 6. The number of amides is 1. The Labute approximate surface area is 126 Å². The van der Waals surface area contributed by atoms with E-state index >= 15 is 0 Å². The van der Waals surface area contributed by atoms with Crippen molar-refractivity contribution in [2.75, 3.05) is 13.2 Å². The van der Waals surface area contributed by atoms with Crippen LogP contribution in [0.4, 0.5) is 0 Å². The number of hydrogen-bond acceptors (Lipinski definition) is 3. The van der Waals surface area contributed by atoms with Crippen LogP contribution >= 0.6 is 0 Å². The van der Waals surface area contributed by atoms with Crippen molar-refractivity contribution in [2.45, 2.75) is 45.1 Å². The molecule has 2 N–H and O–H groups in total. The highest BCUT2D eigenvalue weighted by Crippen LogP contribution is 2.23. The Morgan fingerprint density at radius 2 is 2.19 bits per heavy atom. The predicted molar refractivity (Wildman–Crippen MR) is 82.3 cm³/mol. The van der Waals surface area contributed by atoms with Gasteiger partial charge in [-0.1, -0.05) is 31.9 Å². The maximum Gasteiger partial charge on any atom is 0.258 e. The Bertz CT molecular complexity index is 461. The van der Waals surface area contributed by atoms with Gasteiger partial charge in [-0.05, 0) is 37.0 Å². The van der Waals surface area contributed by atoms with Crippen molar-refractivity contribution in [2.24, 2.45) is 5.92 Å². The lowest BCUT2D eigenvalue weighted by molar-refractivity contribution is -0.124. The van der Waals surface area contributed by atoms with Crippen LogP contribution in [0.1, 0.15) is 38.2 Å². The summed E-state index contributed by atoms with van der Waals surface area (Å²) in [7, 11) is 0. The third-order valence-electron chi connectivity index (χ3n) is 4.17. The molecule has 0 radical (unpaired) electrons. The minimum atomic E-state index is -0.109. The second-order valence-electron chi connectivity index (χ2n) is 5.69. The first-order valence-electron chi connectivity index (χ1n) is 7.85. The second-order valence-corrected chi connectivity index (χ2v) is 5.69. The summed E-state index contributed by atoms with van der Waals surface area (Å²) in [6.07, 6.45) is 5.13. The molecule has 1 amide bonds. The Kier molecular flexibility index (Phi) is 6.05. The summed E-state index contributed by atoms with van der Waals surface area (Å²) in [6.45, 7) is 2.26. The third-order valence-corrected chi connectivity index (χ3v) is 4.17. The zero-order valence-electron chi connectivity index (χ0n) is 12.7. The highest BCUT2D eigenvalue weighted by atomic mass is 16.5. The van der Waals surface area contributed by atoms with Gasteiger partial charge in [-0.2, -0.15) is 0 Å². The summed E-state index contributed by atoms with van der Waals surface area (Å²) in [6, 6.07) is 7.89. The zero-order chi connectivity index (χ0) is 15.1. The van der Waals surface area contributed by atoms with E-state index < -0.39 is 0 Å². The molecule has 2 unspecified atom stereocenters. The lowest BCUT2D eigenvalue weighted by Gasteiger charge is -2.30. The normalized spacial score (nSPS) is 21.8. The van der Waals surface area contributed by atoms with E-state index in [4.69, 9.17) is 4.74 Å². The molecule has 21 heavy (non-hydrogen) atoms. The van der Waals surface area contributed by atoms with E-state index in [1.807, 2.05) is 24.3 Å². The molecule has 116 valence electrons. The predicted octanol–water partition coefficient (Wildman–Crippen LogP) is 2.30. The van der Waals surface area contributed by atoms with Crippen molar-refractivity contribution in [1.82, 2.24) is 5.32 Å². The topological polar surface area (TPSA) is 58.6 Å². The average molecular weight is 291 g/mol. The summed E-state index contributed by atoms with van der Waals surface area (Å²) < 4.78 is 5.55. The molecule has 0 spiro atoms. The summed E-state index contributed by atoms with van der Waals surface area (Å²) in [5.74, 6) is 0.806. The van der Waals surface area contributed by atoms with Crippen LogP contribution in [-0.2, 0) is 11.2 Å². The van der Waals surface area contributed by atoms with Gasteiger partial charge in [0.05, 0.1) is 0 Å². The maximum absolute atomic E-state index is 12.0. The number of ether oxygens (including phenoxy) is 1. The van der Waals surface area contributed by atoms with Crippen LogP contribution in [-0.4, -0.2) is 30.3 Å². The molecule has 0 saturated heterocycles. The molecule has 1 saturated carbocycles. The molecule has 1 fully saturated rings. The standard InChI is InChI=1S/C17H25NO3/c1-2-13-6-5-8-15(10-13)21-12-17(20)18-16-9-4-3-7-14(16)11-19/h5-6,8,10,14,16,19H,2-4,7,9,11-12H2,1H3,(H,18,20). The Hall–Kier alpha value is -1.55. The highest BCUT2D eigenvalue weighted by Gasteiger charge is 2.25. The van der Waals surface area contributed by atoms with Gasteiger partial charge < -0.3 is 15.2 Å². The van der Waals surface area contributed by atoms with Crippen LogP contribution in [0.2, 0.25) is 0 Å². The minimum absolute atomic E-state index is 0.0296. The van der Waals surface area contributed by atoms with Crippen molar-refractivity contribution in [3.05, 3.63) is 29.8 Å². The molecule has 4 heteroatoms. The molecule has 0 aliphatic heterocycles. The zero-order valence-corrected chi connectivity index (χ0v) is 12.7. The van der Waals surface area contributed by atoms with Gasteiger partial charge in [-0.25, -0.2) is 0 Å². The molecule has 0 aromatic heterocycles. The minimum Gasteiger partial charge on any atom is -0.484 e. The molecular weight excluding hydrogens is 266 g/mol. The van der Waals surface area contributed by atoms with Crippen LogP contribution in [0.25, 0.3) is 0 Å². The molecule has 1 aliphatic carbocycles. The van der Waals surface area contributed by atoms with E-state index in [1.54, 1.807) is 0 Å². The fourth-order valence-corrected chi connectivity index (χ4v) is 2.87. The molecule has 0 bridgehead atoms. The molecule has 1 aromatic carbocycles. The van der Waals surface area contributed by atoms with Gasteiger partial charge in [0.2, 0.25) is 0 Å². The van der Waals surface area contributed by atoms with E-state index in [-0.39, 0.29) is 31.1 Å².